The Morgan fingerprint density at radius 1 is 1.00 bits per heavy atom. The summed E-state index contributed by atoms with van der Waals surface area (Å²) in [5.41, 5.74) is 4.47. The van der Waals surface area contributed by atoms with Crippen LogP contribution in [0.1, 0.15) is 49.8 Å². The highest BCUT2D eigenvalue weighted by Gasteiger charge is 2.41. The molecular formula is C27H30N2O2. The average Bonchev–Trinajstić information content (AvgIpc) is 2.83. The number of benzene rings is 2. The normalized spacial score (nSPS) is 19.9. The Kier molecular flexibility index (Phi) is 6.47. The smallest absolute Gasteiger partial charge is 0.223 e. The van der Waals surface area contributed by atoms with Crippen molar-refractivity contribution in [2.45, 2.75) is 44.1 Å². The Bertz CT molecular complexity index is 989. The molecule has 0 aliphatic carbocycles. The molecule has 31 heavy (non-hydrogen) atoms. The average molecular weight is 415 g/mol. The Morgan fingerprint density at radius 3 is 2.32 bits per heavy atom. The summed E-state index contributed by atoms with van der Waals surface area (Å²) in [5.74, 6) is 0.193. The summed E-state index contributed by atoms with van der Waals surface area (Å²) in [5, 5.41) is 9.42. The number of nitrogens with zero attached hydrogens (tertiary/aromatic N) is 2. The van der Waals surface area contributed by atoms with Crippen LogP contribution in [-0.2, 0) is 10.2 Å². The zero-order valence-electron chi connectivity index (χ0n) is 18.1. The van der Waals surface area contributed by atoms with E-state index in [9.17, 15) is 9.90 Å². The number of carbonyl (C=O) groups excluding carboxylic acids is 1. The van der Waals surface area contributed by atoms with E-state index in [0.29, 0.717) is 12.8 Å². The van der Waals surface area contributed by atoms with E-state index in [1.165, 1.54) is 5.56 Å². The molecule has 2 aromatic carbocycles. The van der Waals surface area contributed by atoms with Crippen molar-refractivity contribution in [3.63, 3.8) is 0 Å². The van der Waals surface area contributed by atoms with Crippen LogP contribution in [0.2, 0.25) is 0 Å². The zero-order chi connectivity index (χ0) is 21.7. The second kappa shape index (κ2) is 9.44. The van der Waals surface area contributed by atoms with Crippen molar-refractivity contribution in [1.29, 1.82) is 0 Å². The molecule has 0 bridgehead atoms. The van der Waals surface area contributed by atoms with Gasteiger partial charge in [-0.15, -0.1) is 0 Å². The maximum atomic E-state index is 13.3. The fourth-order valence-corrected chi connectivity index (χ4v) is 4.84. The van der Waals surface area contributed by atoms with Crippen LogP contribution in [0.15, 0.2) is 79.1 Å². The fraction of sp³-hybridized carbons (Fsp3) is 0.333. The van der Waals surface area contributed by atoms with Gasteiger partial charge in [0.1, 0.15) is 0 Å². The summed E-state index contributed by atoms with van der Waals surface area (Å²) in [6, 6.07) is 22.9. The van der Waals surface area contributed by atoms with Crippen molar-refractivity contribution in [3.8, 4) is 11.1 Å². The van der Waals surface area contributed by atoms with Crippen LogP contribution in [0.5, 0.6) is 0 Å². The molecule has 2 heterocycles. The van der Waals surface area contributed by atoms with E-state index in [0.717, 1.165) is 36.1 Å². The SMILES string of the molecule is C[C@@H](c1ccc(-c2ccncc2)cc1)N1CCC(CCCO)(c2ccccc2)CC1=O. The van der Waals surface area contributed by atoms with Gasteiger partial charge in [0.2, 0.25) is 5.91 Å². The van der Waals surface area contributed by atoms with Crippen molar-refractivity contribution in [2.75, 3.05) is 13.2 Å². The molecule has 4 heteroatoms. The third-order valence-corrected chi connectivity index (χ3v) is 6.72. The van der Waals surface area contributed by atoms with Gasteiger partial charge in [-0.3, -0.25) is 9.78 Å². The van der Waals surface area contributed by atoms with Crippen LogP contribution in [0.4, 0.5) is 0 Å². The van der Waals surface area contributed by atoms with Crippen LogP contribution in [0, 0.1) is 0 Å². The molecule has 2 atom stereocenters. The number of rotatable bonds is 7. The maximum Gasteiger partial charge on any atom is 0.223 e. The Morgan fingerprint density at radius 2 is 1.68 bits per heavy atom. The summed E-state index contributed by atoms with van der Waals surface area (Å²) in [7, 11) is 0. The van der Waals surface area contributed by atoms with Gasteiger partial charge in [-0.05, 0) is 60.6 Å². The number of aliphatic hydroxyl groups is 1. The highest BCUT2D eigenvalue weighted by molar-refractivity contribution is 5.79. The topological polar surface area (TPSA) is 53.4 Å². The van der Waals surface area contributed by atoms with Crippen LogP contribution in [0.25, 0.3) is 11.1 Å². The van der Waals surface area contributed by atoms with E-state index < -0.39 is 0 Å². The molecule has 0 radical (unpaired) electrons. The molecule has 1 unspecified atom stereocenters. The van der Waals surface area contributed by atoms with Gasteiger partial charge >= 0.3 is 0 Å². The highest BCUT2D eigenvalue weighted by Crippen LogP contribution is 2.42. The maximum absolute atomic E-state index is 13.3. The first-order valence-electron chi connectivity index (χ1n) is 11.1. The number of hydrogen-bond donors (Lipinski definition) is 1. The van der Waals surface area contributed by atoms with Crippen LogP contribution < -0.4 is 0 Å². The lowest BCUT2D eigenvalue weighted by Crippen LogP contribution is -2.47. The Labute approximate surface area is 184 Å². The van der Waals surface area contributed by atoms with Crippen LogP contribution in [-0.4, -0.2) is 34.0 Å². The van der Waals surface area contributed by atoms with Gasteiger partial charge in [-0.2, -0.15) is 0 Å². The van der Waals surface area contributed by atoms with Crippen molar-refractivity contribution < 1.29 is 9.90 Å². The predicted molar refractivity (Wildman–Crippen MR) is 123 cm³/mol. The molecule has 1 fully saturated rings. The lowest BCUT2D eigenvalue weighted by molar-refractivity contribution is -0.138. The molecular weight excluding hydrogens is 384 g/mol. The van der Waals surface area contributed by atoms with E-state index >= 15 is 0 Å². The van der Waals surface area contributed by atoms with Gasteiger partial charge in [0, 0.05) is 37.4 Å². The van der Waals surface area contributed by atoms with Gasteiger partial charge in [0.05, 0.1) is 6.04 Å². The Balaban J connectivity index is 1.51. The van der Waals surface area contributed by atoms with Gasteiger partial charge < -0.3 is 10.0 Å². The molecule has 1 saturated heterocycles. The minimum atomic E-state index is -0.178. The second-order valence-electron chi connectivity index (χ2n) is 8.52. The van der Waals surface area contributed by atoms with Crippen molar-refractivity contribution >= 4 is 5.91 Å². The number of amides is 1. The first-order valence-corrected chi connectivity index (χ1v) is 11.1. The lowest BCUT2D eigenvalue weighted by atomic mass is 9.69. The summed E-state index contributed by atoms with van der Waals surface area (Å²) in [4.78, 5) is 19.4. The summed E-state index contributed by atoms with van der Waals surface area (Å²) in [6.45, 7) is 3.00. The van der Waals surface area contributed by atoms with E-state index in [4.69, 9.17) is 0 Å². The molecule has 1 N–H and O–H groups in total. The van der Waals surface area contributed by atoms with E-state index in [1.807, 2.05) is 35.2 Å². The molecule has 0 saturated carbocycles. The van der Waals surface area contributed by atoms with Gasteiger partial charge in [0.15, 0.2) is 0 Å². The summed E-state index contributed by atoms with van der Waals surface area (Å²) >= 11 is 0. The minimum Gasteiger partial charge on any atom is -0.396 e. The number of piperidine rings is 1. The highest BCUT2D eigenvalue weighted by atomic mass is 16.3. The second-order valence-corrected chi connectivity index (χ2v) is 8.52. The number of aliphatic hydroxyl groups excluding tert-OH is 1. The van der Waals surface area contributed by atoms with Gasteiger partial charge in [-0.25, -0.2) is 0 Å². The number of hydrogen-bond acceptors (Lipinski definition) is 3. The van der Waals surface area contributed by atoms with Crippen molar-refractivity contribution in [1.82, 2.24) is 9.88 Å². The van der Waals surface area contributed by atoms with Crippen molar-refractivity contribution in [3.05, 3.63) is 90.3 Å². The summed E-state index contributed by atoms with van der Waals surface area (Å²) < 4.78 is 0. The quantitative estimate of drug-likeness (QED) is 0.582. The molecule has 1 aliphatic rings. The predicted octanol–water partition coefficient (Wildman–Crippen LogP) is 5.14. The zero-order valence-corrected chi connectivity index (χ0v) is 18.1. The first kappa shape index (κ1) is 21.3. The number of pyridine rings is 1. The number of likely N-dealkylation sites (tertiary alicyclic amines) is 1. The molecule has 1 aliphatic heterocycles. The minimum absolute atomic E-state index is 0.0330. The van der Waals surface area contributed by atoms with E-state index in [1.54, 1.807) is 12.4 Å². The molecule has 4 nitrogen and oxygen atoms in total. The third kappa shape index (κ3) is 4.54. The molecule has 160 valence electrons. The number of carbonyl (C=O) groups is 1. The van der Waals surface area contributed by atoms with Gasteiger partial charge in [0.25, 0.3) is 0 Å². The molecule has 4 rings (SSSR count). The molecule has 3 aromatic rings. The summed E-state index contributed by atoms with van der Waals surface area (Å²) in [6.07, 6.45) is 6.57. The third-order valence-electron chi connectivity index (χ3n) is 6.72. The number of aromatic nitrogens is 1. The van der Waals surface area contributed by atoms with Gasteiger partial charge in [-0.1, -0.05) is 54.6 Å². The standard InChI is InChI=1S/C27H30N2O2/c1-21(22-8-10-23(11-9-22)24-12-16-28-17-13-24)29-18-15-27(14-5-19-30,20-26(29)31)25-6-3-2-4-7-25/h2-4,6-13,16-17,21,30H,5,14-15,18-20H2,1H3/t21-,27?/m0/s1. The van der Waals surface area contributed by atoms with E-state index in [2.05, 4.69) is 48.3 Å². The first-order chi connectivity index (χ1) is 15.1. The van der Waals surface area contributed by atoms with Crippen LogP contribution in [0.3, 0.4) is 0 Å². The lowest BCUT2D eigenvalue weighted by Gasteiger charge is -2.44. The Hall–Kier alpha value is -2.98. The van der Waals surface area contributed by atoms with Crippen LogP contribution >= 0.6 is 0 Å². The van der Waals surface area contributed by atoms with E-state index in [-0.39, 0.29) is 24.0 Å². The molecule has 0 spiro atoms. The van der Waals surface area contributed by atoms with Crippen molar-refractivity contribution in [2.24, 2.45) is 0 Å². The molecule has 1 amide bonds. The monoisotopic (exact) mass is 414 g/mol. The largest absolute Gasteiger partial charge is 0.396 e. The molecule has 1 aromatic heterocycles. The fourth-order valence-electron chi connectivity index (χ4n) is 4.84.